The summed E-state index contributed by atoms with van der Waals surface area (Å²) in [5.74, 6) is 0.381. The van der Waals surface area contributed by atoms with Crippen LogP contribution >= 0.6 is 0 Å². The molecule has 1 aromatic carbocycles. The Kier molecular flexibility index (Phi) is 2.34. The first kappa shape index (κ1) is 11.5. The molecule has 94 valence electrons. The molecule has 1 aromatic rings. The number of carbonyl (C=O) groups is 2. The van der Waals surface area contributed by atoms with Crippen LogP contribution in [-0.2, 0) is 9.59 Å². The minimum Gasteiger partial charge on any atom is -0.274 e. The quantitative estimate of drug-likeness (QED) is 0.749. The van der Waals surface area contributed by atoms with Crippen LogP contribution in [0.5, 0.6) is 0 Å². The number of piperidine rings is 1. The van der Waals surface area contributed by atoms with Crippen molar-refractivity contribution in [2.75, 3.05) is 4.90 Å². The number of hydrogen-bond acceptors (Lipinski definition) is 2. The molecule has 1 heterocycles. The molecule has 0 radical (unpaired) electrons. The highest BCUT2D eigenvalue weighted by Gasteiger charge is 2.59. The predicted molar refractivity (Wildman–Crippen MR) is 69.4 cm³/mol. The summed E-state index contributed by atoms with van der Waals surface area (Å²) in [4.78, 5) is 25.4. The first-order valence-corrected chi connectivity index (χ1v) is 6.49. The molecule has 3 nitrogen and oxygen atoms in total. The van der Waals surface area contributed by atoms with Crippen LogP contribution in [0, 0.1) is 18.8 Å². The molecule has 3 heteroatoms. The molecule has 1 aliphatic carbocycles. The Morgan fingerprint density at radius 2 is 1.78 bits per heavy atom. The topological polar surface area (TPSA) is 37.4 Å². The fraction of sp³-hybridized carbons (Fsp3) is 0.467. The first-order chi connectivity index (χ1) is 8.50. The van der Waals surface area contributed by atoms with Crippen molar-refractivity contribution in [1.82, 2.24) is 0 Å². The highest BCUT2D eigenvalue weighted by atomic mass is 16.2. The molecule has 2 aliphatic rings. The Bertz CT molecular complexity index is 527. The van der Waals surface area contributed by atoms with Gasteiger partial charge in [0.25, 0.3) is 0 Å². The molecule has 0 aromatic heterocycles. The monoisotopic (exact) mass is 243 g/mol. The zero-order chi connectivity index (χ0) is 13.0. The summed E-state index contributed by atoms with van der Waals surface area (Å²) >= 11 is 0. The van der Waals surface area contributed by atoms with Gasteiger partial charge in [0.1, 0.15) is 0 Å². The van der Waals surface area contributed by atoms with Crippen molar-refractivity contribution in [1.29, 1.82) is 0 Å². The number of rotatable bonds is 2. The van der Waals surface area contributed by atoms with E-state index in [1.807, 2.05) is 25.1 Å². The normalized spacial score (nSPS) is 25.9. The van der Waals surface area contributed by atoms with Crippen LogP contribution in [-0.4, -0.2) is 11.8 Å². The van der Waals surface area contributed by atoms with E-state index in [0.29, 0.717) is 5.92 Å². The number of fused-ring (bicyclic) bond motifs is 1. The van der Waals surface area contributed by atoms with E-state index in [1.165, 1.54) is 10.5 Å². The lowest BCUT2D eigenvalue weighted by Gasteiger charge is -2.19. The summed E-state index contributed by atoms with van der Waals surface area (Å²) in [5, 5.41) is 0. The van der Waals surface area contributed by atoms with Crippen LogP contribution in [0.25, 0.3) is 0 Å². The van der Waals surface area contributed by atoms with E-state index in [9.17, 15) is 9.59 Å². The van der Waals surface area contributed by atoms with Gasteiger partial charge in [-0.2, -0.15) is 0 Å². The molecule has 0 bridgehead atoms. The van der Waals surface area contributed by atoms with Crippen molar-refractivity contribution < 1.29 is 9.59 Å². The smallest absolute Gasteiger partial charge is 0.237 e. The lowest BCUT2D eigenvalue weighted by atomic mass is 9.97. The Morgan fingerprint density at radius 1 is 1.17 bits per heavy atom. The third-order valence-electron chi connectivity index (χ3n) is 4.00. The molecule has 0 N–H and O–H groups in total. The van der Waals surface area contributed by atoms with Gasteiger partial charge in [-0.05, 0) is 42.5 Å². The molecule has 1 saturated heterocycles. The Labute approximate surface area is 107 Å². The van der Waals surface area contributed by atoms with E-state index in [2.05, 4.69) is 13.8 Å². The van der Waals surface area contributed by atoms with Crippen molar-refractivity contribution in [3.05, 3.63) is 29.3 Å². The van der Waals surface area contributed by atoms with Gasteiger partial charge in [0.15, 0.2) is 0 Å². The van der Waals surface area contributed by atoms with Crippen molar-refractivity contribution in [3.63, 3.8) is 0 Å². The molecule has 2 atom stereocenters. The summed E-state index contributed by atoms with van der Waals surface area (Å²) in [6.45, 7) is 6.32. The zero-order valence-corrected chi connectivity index (χ0v) is 10.9. The molecule has 0 unspecified atom stereocenters. The summed E-state index contributed by atoms with van der Waals surface area (Å²) in [7, 11) is 0. The summed E-state index contributed by atoms with van der Waals surface area (Å²) in [5.41, 5.74) is 3.14. The van der Waals surface area contributed by atoms with Crippen molar-refractivity contribution in [2.45, 2.75) is 33.1 Å². The average Bonchev–Trinajstić information content (AvgIpc) is 3.03. The number of nitrogens with zero attached hydrogens (tertiary/aromatic N) is 1. The summed E-state index contributed by atoms with van der Waals surface area (Å²) < 4.78 is 0. The molecule has 1 saturated carbocycles. The standard InChI is InChI=1S/C15H17NO2/c1-8(2)11-5-4-10(6-9(11)3)16-14(17)12-7-13(12)15(16)18/h4-6,8,12-13H,7H2,1-3H3/t12-,13+. The minimum atomic E-state index is -0.0254. The van der Waals surface area contributed by atoms with Gasteiger partial charge < -0.3 is 0 Å². The lowest BCUT2D eigenvalue weighted by molar-refractivity contribution is -0.123. The molecule has 2 amide bonds. The van der Waals surface area contributed by atoms with Gasteiger partial charge >= 0.3 is 0 Å². The van der Waals surface area contributed by atoms with Crippen molar-refractivity contribution >= 4 is 17.5 Å². The van der Waals surface area contributed by atoms with Gasteiger partial charge in [0.2, 0.25) is 11.8 Å². The fourth-order valence-corrected chi connectivity index (χ4v) is 2.88. The molecule has 18 heavy (non-hydrogen) atoms. The molecule has 0 spiro atoms. The van der Waals surface area contributed by atoms with Crippen molar-refractivity contribution in [2.24, 2.45) is 11.8 Å². The van der Waals surface area contributed by atoms with Gasteiger partial charge in [0, 0.05) is 0 Å². The van der Waals surface area contributed by atoms with E-state index >= 15 is 0 Å². The second-order valence-electron chi connectivity index (χ2n) is 5.66. The van der Waals surface area contributed by atoms with Crippen LogP contribution in [0.3, 0.4) is 0 Å². The van der Waals surface area contributed by atoms with Gasteiger partial charge in [-0.1, -0.05) is 19.9 Å². The third-order valence-corrected chi connectivity index (χ3v) is 4.00. The van der Waals surface area contributed by atoms with Gasteiger partial charge in [-0.3, -0.25) is 14.5 Å². The molecular weight excluding hydrogens is 226 g/mol. The predicted octanol–water partition coefficient (Wildman–Crippen LogP) is 2.63. The van der Waals surface area contributed by atoms with E-state index in [1.54, 1.807) is 0 Å². The number of carbonyl (C=O) groups excluding carboxylic acids is 2. The fourth-order valence-electron chi connectivity index (χ4n) is 2.88. The van der Waals surface area contributed by atoms with E-state index in [4.69, 9.17) is 0 Å². The van der Waals surface area contributed by atoms with Crippen LogP contribution in [0.1, 0.15) is 37.3 Å². The first-order valence-electron chi connectivity index (χ1n) is 6.49. The Hall–Kier alpha value is -1.64. The highest BCUT2D eigenvalue weighted by molar-refractivity contribution is 6.24. The zero-order valence-electron chi connectivity index (χ0n) is 10.9. The number of aryl methyl sites for hydroxylation is 1. The number of imide groups is 1. The largest absolute Gasteiger partial charge is 0.274 e. The molecule has 2 fully saturated rings. The number of amides is 2. The lowest BCUT2D eigenvalue weighted by Crippen LogP contribution is -2.32. The van der Waals surface area contributed by atoms with E-state index in [0.717, 1.165) is 17.7 Å². The summed E-state index contributed by atoms with van der Waals surface area (Å²) in [6.07, 6.45) is 0.761. The van der Waals surface area contributed by atoms with E-state index < -0.39 is 0 Å². The maximum absolute atomic E-state index is 12.0. The third kappa shape index (κ3) is 1.50. The number of hydrogen-bond donors (Lipinski definition) is 0. The van der Waals surface area contributed by atoms with Gasteiger partial charge in [-0.15, -0.1) is 0 Å². The second-order valence-corrected chi connectivity index (χ2v) is 5.66. The van der Waals surface area contributed by atoms with Gasteiger partial charge in [-0.25, -0.2) is 0 Å². The molecular formula is C15H17NO2. The Balaban J connectivity index is 1.96. The van der Waals surface area contributed by atoms with Crippen LogP contribution < -0.4 is 4.90 Å². The Morgan fingerprint density at radius 3 is 2.28 bits per heavy atom. The minimum absolute atomic E-state index is 0.0123. The van der Waals surface area contributed by atoms with Crippen molar-refractivity contribution in [3.8, 4) is 0 Å². The van der Waals surface area contributed by atoms with Gasteiger partial charge in [0.05, 0.1) is 17.5 Å². The number of anilines is 1. The summed E-state index contributed by atoms with van der Waals surface area (Å²) in [6, 6.07) is 5.87. The van der Waals surface area contributed by atoms with E-state index in [-0.39, 0.29) is 23.7 Å². The highest BCUT2D eigenvalue weighted by Crippen LogP contribution is 2.48. The molecule has 3 rings (SSSR count). The van der Waals surface area contributed by atoms with Crippen LogP contribution in [0.15, 0.2) is 18.2 Å². The average molecular weight is 243 g/mol. The number of benzene rings is 1. The van der Waals surface area contributed by atoms with Crippen LogP contribution in [0.4, 0.5) is 5.69 Å². The SMILES string of the molecule is Cc1cc(N2C(=O)[C@H]3C[C@H]3C2=O)ccc1C(C)C. The van der Waals surface area contributed by atoms with Crippen LogP contribution in [0.2, 0.25) is 0 Å². The molecule has 1 aliphatic heterocycles. The maximum Gasteiger partial charge on any atom is 0.237 e. The maximum atomic E-state index is 12.0. The second kappa shape index (κ2) is 3.67.